The van der Waals surface area contributed by atoms with Gasteiger partial charge >= 0.3 is 5.97 Å². The van der Waals surface area contributed by atoms with Crippen LogP contribution in [-0.2, 0) is 16.1 Å². The molecule has 1 saturated heterocycles. The van der Waals surface area contributed by atoms with Gasteiger partial charge in [0.25, 0.3) is 5.91 Å². The van der Waals surface area contributed by atoms with Crippen LogP contribution in [0.3, 0.4) is 0 Å². The third kappa shape index (κ3) is 5.00. The smallest absolute Gasteiger partial charge is 0.337 e. The van der Waals surface area contributed by atoms with E-state index in [0.29, 0.717) is 28.1 Å². The topological polar surface area (TPSA) is 73.9 Å². The molecule has 0 saturated carbocycles. The molecule has 2 aromatic carbocycles. The van der Waals surface area contributed by atoms with Gasteiger partial charge in [0.05, 0.1) is 23.9 Å². The van der Waals surface area contributed by atoms with Crippen molar-refractivity contribution in [2.24, 2.45) is 0 Å². The summed E-state index contributed by atoms with van der Waals surface area (Å²) in [6.07, 6.45) is 0. The van der Waals surface area contributed by atoms with Gasteiger partial charge in [-0.1, -0.05) is 12.1 Å². The van der Waals surface area contributed by atoms with E-state index in [1.54, 1.807) is 29.5 Å². The van der Waals surface area contributed by atoms with E-state index in [0.717, 1.165) is 44.0 Å². The van der Waals surface area contributed by atoms with Crippen LogP contribution in [0.5, 0.6) is 0 Å². The average Bonchev–Trinajstić information content (AvgIpc) is 3.51. The minimum atomic E-state index is -0.437. The lowest BCUT2D eigenvalue weighted by Crippen LogP contribution is -2.43. The first kappa shape index (κ1) is 23.3. The molecule has 3 aromatic rings. The van der Waals surface area contributed by atoms with Crippen LogP contribution in [0.25, 0.3) is 11.3 Å². The number of esters is 1. The SMILES string of the molecule is COC(=O)c1ccc2c(c1)/C(=C(/Nc1cccc(CN3CCN(C)CC3)c1)c1ccsc1)C(=O)N2. The Bertz CT molecular complexity index is 1280. The molecule has 1 aromatic heterocycles. The Kier molecular flexibility index (Phi) is 6.68. The zero-order valence-electron chi connectivity index (χ0n) is 19.8. The monoisotopic (exact) mass is 488 g/mol. The molecule has 2 aliphatic rings. The van der Waals surface area contributed by atoms with Gasteiger partial charge in [-0.2, -0.15) is 11.3 Å². The number of likely N-dealkylation sites (N-methyl/N-ethyl adjacent to an activating group) is 1. The number of anilines is 2. The Morgan fingerprint density at radius 2 is 1.91 bits per heavy atom. The van der Waals surface area contributed by atoms with Crippen LogP contribution in [0.1, 0.15) is 27.0 Å². The Hall–Kier alpha value is -3.46. The fraction of sp³-hybridized carbons (Fsp3) is 0.259. The number of carbonyl (C=O) groups excluding carboxylic acids is 2. The van der Waals surface area contributed by atoms with E-state index in [4.69, 9.17) is 4.74 Å². The van der Waals surface area contributed by atoms with Gasteiger partial charge in [0.15, 0.2) is 0 Å². The summed E-state index contributed by atoms with van der Waals surface area (Å²) in [6, 6.07) is 15.4. The minimum Gasteiger partial charge on any atom is -0.465 e. The third-order valence-electron chi connectivity index (χ3n) is 6.44. The predicted molar refractivity (Wildman–Crippen MR) is 140 cm³/mol. The van der Waals surface area contributed by atoms with Crippen LogP contribution in [0.2, 0.25) is 0 Å². The lowest BCUT2D eigenvalue weighted by Gasteiger charge is -2.32. The van der Waals surface area contributed by atoms with Crippen molar-refractivity contribution in [3.8, 4) is 0 Å². The molecule has 5 rings (SSSR count). The second kappa shape index (κ2) is 10.0. The maximum atomic E-state index is 13.1. The highest BCUT2D eigenvalue weighted by molar-refractivity contribution is 7.08. The highest BCUT2D eigenvalue weighted by atomic mass is 32.1. The number of methoxy groups -OCH3 is 1. The van der Waals surface area contributed by atoms with Crippen molar-refractivity contribution in [2.45, 2.75) is 6.54 Å². The molecule has 0 atom stereocenters. The van der Waals surface area contributed by atoms with E-state index < -0.39 is 5.97 Å². The van der Waals surface area contributed by atoms with Crippen LogP contribution in [0.4, 0.5) is 11.4 Å². The molecule has 0 unspecified atom stereocenters. The molecule has 0 spiro atoms. The Labute approximate surface area is 209 Å². The maximum absolute atomic E-state index is 13.1. The lowest BCUT2D eigenvalue weighted by atomic mass is 9.99. The van der Waals surface area contributed by atoms with Gasteiger partial charge in [-0.15, -0.1) is 0 Å². The Morgan fingerprint density at radius 1 is 1.09 bits per heavy atom. The number of hydrogen-bond acceptors (Lipinski definition) is 7. The molecular weight excluding hydrogens is 460 g/mol. The summed E-state index contributed by atoms with van der Waals surface area (Å²) in [5.74, 6) is -0.641. The summed E-state index contributed by atoms with van der Waals surface area (Å²) in [5.41, 5.74) is 6.03. The molecule has 2 N–H and O–H groups in total. The molecule has 1 amide bonds. The van der Waals surface area contributed by atoms with Gasteiger partial charge in [0.1, 0.15) is 0 Å². The molecular formula is C27H28N4O3S. The molecule has 3 heterocycles. The number of nitrogens with zero attached hydrogens (tertiary/aromatic N) is 2. The van der Waals surface area contributed by atoms with Gasteiger partial charge in [-0.25, -0.2) is 4.79 Å². The molecule has 7 nitrogen and oxygen atoms in total. The number of carbonyl (C=O) groups is 2. The quantitative estimate of drug-likeness (QED) is 0.400. The van der Waals surface area contributed by atoms with Crippen LogP contribution in [0.15, 0.2) is 59.3 Å². The van der Waals surface area contributed by atoms with Crippen molar-refractivity contribution in [1.29, 1.82) is 0 Å². The predicted octanol–water partition coefficient (Wildman–Crippen LogP) is 4.21. The zero-order valence-corrected chi connectivity index (χ0v) is 20.7. The van der Waals surface area contributed by atoms with Gasteiger partial charge in [-0.3, -0.25) is 9.69 Å². The summed E-state index contributed by atoms with van der Waals surface area (Å²) in [7, 11) is 3.51. The number of fused-ring (bicyclic) bond motifs is 1. The normalized spacial score (nSPS) is 17.6. The fourth-order valence-corrected chi connectivity index (χ4v) is 5.15. The number of nitrogens with one attached hydrogen (secondary N) is 2. The average molecular weight is 489 g/mol. The van der Waals surface area contributed by atoms with E-state index in [2.05, 4.69) is 39.6 Å². The van der Waals surface area contributed by atoms with Gasteiger partial charge in [-0.05, 0) is 54.4 Å². The number of benzene rings is 2. The summed E-state index contributed by atoms with van der Waals surface area (Å²) < 4.78 is 4.89. The second-order valence-corrected chi connectivity index (χ2v) is 9.65. The van der Waals surface area contributed by atoms with Crippen molar-refractivity contribution in [1.82, 2.24) is 9.80 Å². The number of rotatable bonds is 6. The van der Waals surface area contributed by atoms with Crippen molar-refractivity contribution in [2.75, 3.05) is 51.0 Å². The maximum Gasteiger partial charge on any atom is 0.337 e. The van der Waals surface area contributed by atoms with Crippen molar-refractivity contribution >= 4 is 45.9 Å². The summed E-state index contributed by atoms with van der Waals surface area (Å²) in [4.78, 5) is 30.1. The third-order valence-corrected chi connectivity index (χ3v) is 7.13. The fourth-order valence-electron chi connectivity index (χ4n) is 4.50. The van der Waals surface area contributed by atoms with E-state index in [-0.39, 0.29) is 5.91 Å². The molecule has 0 bridgehead atoms. The minimum absolute atomic E-state index is 0.204. The summed E-state index contributed by atoms with van der Waals surface area (Å²) in [5, 5.41) is 10.5. The first-order chi connectivity index (χ1) is 17.0. The summed E-state index contributed by atoms with van der Waals surface area (Å²) >= 11 is 1.57. The first-order valence-electron chi connectivity index (χ1n) is 11.6. The number of thiophene rings is 1. The van der Waals surface area contributed by atoms with E-state index in [1.807, 2.05) is 29.0 Å². The molecule has 0 radical (unpaired) electrons. The van der Waals surface area contributed by atoms with Gasteiger partial charge in [0, 0.05) is 60.6 Å². The summed E-state index contributed by atoms with van der Waals surface area (Å²) in [6.45, 7) is 5.15. The molecule has 180 valence electrons. The lowest BCUT2D eigenvalue weighted by molar-refractivity contribution is -0.110. The van der Waals surface area contributed by atoms with Crippen molar-refractivity contribution < 1.29 is 14.3 Å². The molecule has 35 heavy (non-hydrogen) atoms. The van der Waals surface area contributed by atoms with Crippen LogP contribution in [-0.4, -0.2) is 62.0 Å². The molecule has 8 heteroatoms. The Morgan fingerprint density at radius 3 is 2.66 bits per heavy atom. The van der Waals surface area contributed by atoms with Crippen molar-refractivity contribution in [3.05, 3.63) is 81.5 Å². The van der Waals surface area contributed by atoms with Crippen LogP contribution >= 0.6 is 11.3 Å². The van der Waals surface area contributed by atoms with E-state index in [9.17, 15) is 9.59 Å². The van der Waals surface area contributed by atoms with Gasteiger partial charge < -0.3 is 20.3 Å². The van der Waals surface area contributed by atoms with Gasteiger partial charge in [0.2, 0.25) is 0 Å². The van der Waals surface area contributed by atoms with Crippen LogP contribution in [0, 0.1) is 0 Å². The van der Waals surface area contributed by atoms with Crippen molar-refractivity contribution in [3.63, 3.8) is 0 Å². The first-order valence-corrected chi connectivity index (χ1v) is 12.5. The van der Waals surface area contributed by atoms with E-state index >= 15 is 0 Å². The highest BCUT2D eigenvalue weighted by Gasteiger charge is 2.29. The number of hydrogen-bond donors (Lipinski definition) is 2. The van der Waals surface area contributed by atoms with E-state index in [1.165, 1.54) is 12.7 Å². The van der Waals surface area contributed by atoms with Crippen LogP contribution < -0.4 is 10.6 Å². The highest BCUT2D eigenvalue weighted by Crippen LogP contribution is 2.38. The Balaban J connectivity index is 1.50. The molecule has 2 aliphatic heterocycles. The standard InChI is InChI=1S/C27H28N4O3S/c1-30-9-11-31(12-10-30)16-18-4-3-5-21(14-18)28-25(20-8-13-35-17-20)24-22-15-19(27(33)34-2)6-7-23(22)29-26(24)32/h3-8,13-15,17,28H,9-12,16H2,1-2H3,(H,29,32)/b25-24-. The largest absolute Gasteiger partial charge is 0.465 e. The molecule has 0 aliphatic carbocycles. The number of piperazine rings is 1. The zero-order chi connectivity index (χ0) is 24.4. The molecule has 1 fully saturated rings. The number of amides is 1. The number of ether oxygens (including phenoxy) is 1. The second-order valence-electron chi connectivity index (χ2n) is 8.87.